The van der Waals surface area contributed by atoms with Crippen LogP contribution in [-0.2, 0) is 25.0 Å². The highest BCUT2D eigenvalue weighted by Crippen LogP contribution is 2.55. The number of benzene rings is 1. The molecule has 0 amide bonds. The van der Waals surface area contributed by atoms with Crippen LogP contribution in [0, 0.1) is 0 Å². The second-order valence-corrected chi connectivity index (χ2v) is 7.79. The third-order valence-electron chi connectivity index (χ3n) is 2.82. The summed E-state index contributed by atoms with van der Waals surface area (Å²) in [6.07, 6.45) is -1.32. The van der Waals surface area contributed by atoms with Crippen LogP contribution in [0.15, 0.2) is 30.3 Å². The molecule has 2 atom stereocenters. The minimum absolute atomic E-state index is 0.319. The molecule has 0 saturated carbocycles. The van der Waals surface area contributed by atoms with Gasteiger partial charge in [-0.2, -0.15) is 0 Å². The van der Waals surface area contributed by atoms with Crippen LogP contribution in [0.1, 0.15) is 40.2 Å². The lowest BCUT2D eigenvalue weighted by Crippen LogP contribution is -2.29. The van der Waals surface area contributed by atoms with E-state index < -0.39 is 19.5 Å². The molecule has 1 aromatic carbocycles. The Morgan fingerprint density at radius 1 is 1.00 bits per heavy atom. The van der Waals surface area contributed by atoms with E-state index in [2.05, 4.69) is 0 Å². The number of rotatable bonds is 9. The van der Waals surface area contributed by atoms with Gasteiger partial charge in [0.25, 0.3) is 0 Å². The first kappa shape index (κ1) is 19.3. The minimum Gasteiger partial charge on any atom is -0.378 e. The van der Waals surface area contributed by atoms with E-state index >= 15 is 0 Å². The fraction of sp³-hybridized carbons (Fsp3) is 0.625. The maximum Gasteiger partial charge on any atom is 0.362 e. The fourth-order valence-corrected chi connectivity index (χ4v) is 3.96. The summed E-state index contributed by atoms with van der Waals surface area (Å²) in [5.41, 5.74) is 0.978. The van der Waals surface area contributed by atoms with Crippen LogP contribution in [-0.4, -0.2) is 29.3 Å². The maximum atomic E-state index is 12.8. The minimum atomic E-state index is -3.67. The van der Waals surface area contributed by atoms with E-state index in [-0.39, 0.29) is 12.2 Å². The number of hydrogen-bond acceptors (Lipinski definition) is 5. The number of hydrogen-bond donors (Lipinski definition) is 1. The van der Waals surface area contributed by atoms with Crippen LogP contribution >= 0.6 is 7.60 Å². The van der Waals surface area contributed by atoms with Crippen molar-refractivity contribution in [3.63, 3.8) is 0 Å². The van der Waals surface area contributed by atoms with Crippen molar-refractivity contribution in [2.24, 2.45) is 0 Å². The molecule has 0 aliphatic rings. The first-order chi connectivity index (χ1) is 10.2. The van der Waals surface area contributed by atoms with E-state index in [4.69, 9.17) is 13.8 Å². The summed E-state index contributed by atoms with van der Waals surface area (Å²) in [4.78, 5) is 0. The Morgan fingerprint density at radius 3 is 1.95 bits per heavy atom. The van der Waals surface area contributed by atoms with E-state index in [1.54, 1.807) is 34.6 Å². The van der Waals surface area contributed by atoms with E-state index in [1.165, 1.54) is 0 Å². The third kappa shape index (κ3) is 6.19. The highest BCUT2D eigenvalue weighted by atomic mass is 31.2. The molecule has 1 aromatic rings. The molecule has 0 saturated heterocycles. The van der Waals surface area contributed by atoms with E-state index in [1.807, 2.05) is 30.3 Å². The molecule has 6 heteroatoms. The Morgan fingerprint density at radius 2 is 1.50 bits per heavy atom. The summed E-state index contributed by atoms with van der Waals surface area (Å²) in [6, 6.07) is 9.59. The van der Waals surface area contributed by atoms with Gasteiger partial charge in [0.1, 0.15) is 0 Å². The molecule has 0 spiro atoms. The second kappa shape index (κ2) is 8.80. The zero-order valence-corrected chi connectivity index (χ0v) is 14.8. The van der Waals surface area contributed by atoms with Crippen molar-refractivity contribution in [3.8, 4) is 0 Å². The quantitative estimate of drug-likeness (QED) is 0.695. The van der Waals surface area contributed by atoms with Crippen LogP contribution in [0.5, 0.6) is 0 Å². The topological polar surface area (TPSA) is 65.0 Å². The van der Waals surface area contributed by atoms with Gasteiger partial charge in [0.05, 0.1) is 24.9 Å². The van der Waals surface area contributed by atoms with Gasteiger partial charge in [0, 0.05) is 0 Å². The zero-order chi connectivity index (χ0) is 16.8. The Kier molecular flexibility index (Phi) is 7.74. The van der Waals surface area contributed by atoms with Crippen LogP contribution in [0.2, 0.25) is 0 Å². The smallest absolute Gasteiger partial charge is 0.362 e. The van der Waals surface area contributed by atoms with Gasteiger partial charge in [0.2, 0.25) is 0 Å². The molecule has 0 heterocycles. The Labute approximate surface area is 133 Å². The summed E-state index contributed by atoms with van der Waals surface area (Å²) in [5, 5.41) is 10.4. The van der Waals surface area contributed by atoms with Crippen molar-refractivity contribution < 1.29 is 23.5 Å². The van der Waals surface area contributed by atoms with Gasteiger partial charge >= 0.3 is 7.60 Å². The predicted octanol–water partition coefficient (Wildman–Crippen LogP) is 3.95. The second-order valence-electron chi connectivity index (χ2n) is 5.76. The van der Waals surface area contributed by atoms with Crippen molar-refractivity contribution >= 4 is 7.60 Å². The number of aliphatic hydroxyl groups excluding tert-OH is 1. The molecule has 0 unspecified atom stereocenters. The van der Waals surface area contributed by atoms with Crippen molar-refractivity contribution in [1.82, 2.24) is 0 Å². The Hall–Kier alpha value is -0.710. The first-order valence-corrected chi connectivity index (χ1v) is 9.16. The van der Waals surface area contributed by atoms with E-state index in [0.717, 1.165) is 5.56 Å². The van der Waals surface area contributed by atoms with E-state index in [0.29, 0.717) is 6.61 Å². The van der Waals surface area contributed by atoms with Gasteiger partial charge in [-0.15, -0.1) is 0 Å². The summed E-state index contributed by atoms with van der Waals surface area (Å²) >= 11 is 0. The van der Waals surface area contributed by atoms with Gasteiger partial charge in [-0.05, 0) is 40.2 Å². The first-order valence-electron chi connectivity index (χ1n) is 7.54. The van der Waals surface area contributed by atoms with E-state index in [9.17, 15) is 9.67 Å². The molecule has 0 aliphatic carbocycles. The molecule has 0 aromatic heterocycles. The summed E-state index contributed by atoms with van der Waals surface area (Å²) in [7, 11) is -3.67. The lowest BCUT2D eigenvalue weighted by atomic mass is 10.2. The molecule has 22 heavy (non-hydrogen) atoms. The van der Waals surface area contributed by atoms with Crippen molar-refractivity contribution in [2.45, 2.75) is 65.4 Å². The molecule has 5 nitrogen and oxygen atoms in total. The van der Waals surface area contributed by atoms with Crippen molar-refractivity contribution in [2.75, 3.05) is 0 Å². The van der Waals surface area contributed by atoms with Crippen LogP contribution in [0.25, 0.3) is 0 Å². The lowest BCUT2D eigenvalue weighted by molar-refractivity contribution is -0.0208. The summed E-state index contributed by atoms with van der Waals surface area (Å²) < 4.78 is 29.2. The normalized spacial score (nSPS) is 15.3. The summed E-state index contributed by atoms with van der Waals surface area (Å²) in [5.74, 6) is -1.33. The van der Waals surface area contributed by atoms with Crippen LogP contribution < -0.4 is 0 Å². The molecule has 1 rings (SSSR count). The largest absolute Gasteiger partial charge is 0.378 e. The van der Waals surface area contributed by atoms with Gasteiger partial charge in [-0.25, -0.2) is 0 Å². The Bertz CT molecular complexity index is 461. The highest BCUT2D eigenvalue weighted by Gasteiger charge is 2.40. The SMILES string of the molecule is CC(C)OP(=O)(OC(C)C)[C@H](O)[C@H](C)OCc1ccccc1. The van der Waals surface area contributed by atoms with Crippen LogP contribution in [0.3, 0.4) is 0 Å². The van der Waals surface area contributed by atoms with Crippen molar-refractivity contribution in [1.29, 1.82) is 0 Å². The fourth-order valence-electron chi connectivity index (χ4n) is 1.88. The zero-order valence-electron chi connectivity index (χ0n) is 13.9. The maximum absolute atomic E-state index is 12.8. The molecule has 0 bridgehead atoms. The number of ether oxygens (including phenoxy) is 1. The molecule has 1 N–H and O–H groups in total. The lowest BCUT2D eigenvalue weighted by Gasteiger charge is -2.29. The van der Waals surface area contributed by atoms with Gasteiger partial charge < -0.3 is 18.9 Å². The van der Waals surface area contributed by atoms with Gasteiger partial charge in [-0.3, -0.25) is 4.57 Å². The highest BCUT2D eigenvalue weighted by molar-refractivity contribution is 7.54. The van der Waals surface area contributed by atoms with Crippen LogP contribution in [0.4, 0.5) is 0 Å². The summed E-state index contributed by atoms with van der Waals surface area (Å²) in [6.45, 7) is 8.98. The third-order valence-corrected chi connectivity index (χ3v) is 5.31. The molecule has 0 aliphatic heterocycles. The van der Waals surface area contributed by atoms with Gasteiger partial charge in [0.15, 0.2) is 5.85 Å². The number of aliphatic hydroxyl groups is 1. The molecule has 0 fully saturated rings. The van der Waals surface area contributed by atoms with Gasteiger partial charge in [-0.1, -0.05) is 30.3 Å². The standard InChI is InChI=1S/C16H27O5P/c1-12(2)20-22(18,21-13(3)4)16(17)14(5)19-11-15-9-7-6-8-10-15/h6-10,12-14,16-17H,11H2,1-5H3/t14-,16-/m0/s1. The molecule has 126 valence electrons. The monoisotopic (exact) mass is 330 g/mol. The average Bonchev–Trinajstić information content (AvgIpc) is 2.43. The molecular formula is C16H27O5P. The Balaban J connectivity index is 2.71. The average molecular weight is 330 g/mol. The molecular weight excluding hydrogens is 303 g/mol. The predicted molar refractivity (Wildman–Crippen MR) is 86.7 cm³/mol. The van der Waals surface area contributed by atoms with Crippen molar-refractivity contribution in [3.05, 3.63) is 35.9 Å². The molecule has 0 radical (unpaired) electrons.